The maximum Gasteiger partial charge on any atom is 1.00 e. The Labute approximate surface area is 132 Å². The topological polar surface area (TPSA) is 12.9 Å². The number of rotatable bonds is 1. The molecule has 0 radical (unpaired) electrons. The van der Waals surface area contributed by atoms with Crippen molar-refractivity contribution in [3.8, 4) is 11.1 Å². The van der Waals surface area contributed by atoms with Crippen LogP contribution in [0.2, 0.25) is 0 Å². The summed E-state index contributed by atoms with van der Waals surface area (Å²) in [5.74, 6) is 0. The largest absolute Gasteiger partial charge is 1.00 e. The van der Waals surface area contributed by atoms with E-state index in [0.717, 1.165) is 6.20 Å². The third-order valence-corrected chi connectivity index (χ3v) is 2.66. The Hall–Kier alpha value is -0.490. The summed E-state index contributed by atoms with van der Waals surface area (Å²) < 4.78 is 38.3. The van der Waals surface area contributed by atoms with Crippen molar-refractivity contribution in [1.82, 2.24) is 4.98 Å². The van der Waals surface area contributed by atoms with E-state index in [1.165, 1.54) is 12.1 Å². The molecule has 0 spiro atoms. The molecule has 90 valence electrons. The van der Waals surface area contributed by atoms with Crippen molar-refractivity contribution >= 4 is 12.6 Å². The zero-order valence-corrected chi connectivity index (χ0v) is 12.5. The minimum atomic E-state index is -4.47. The SMILES string of the molecule is FC(F)(F)c1ncccc1-c1ccccc1S.[H-].[Na+]. The van der Waals surface area contributed by atoms with Crippen LogP contribution in [-0.2, 0) is 6.18 Å². The molecule has 18 heavy (non-hydrogen) atoms. The average Bonchev–Trinajstić information content (AvgIpc) is 2.28. The zero-order chi connectivity index (χ0) is 12.5. The number of thiol groups is 1. The van der Waals surface area contributed by atoms with Crippen LogP contribution < -0.4 is 29.6 Å². The monoisotopic (exact) mass is 279 g/mol. The van der Waals surface area contributed by atoms with Crippen molar-refractivity contribution in [1.29, 1.82) is 0 Å². The maximum absolute atomic E-state index is 12.8. The summed E-state index contributed by atoms with van der Waals surface area (Å²) in [5.41, 5.74) is -0.414. The fraction of sp³-hybridized carbons (Fsp3) is 0.0833. The standard InChI is InChI=1S/C12H8F3NS.Na.H/c13-12(14,15)11-9(5-3-7-16-11)8-4-1-2-6-10(8)17;;/h1-7,17H;;/q;+1;-1. The molecule has 0 amide bonds. The van der Waals surface area contributed by atoms with E-state index < -0.39 is 11.9 Å². The van der Waals surface area contributed by atoms with Crippen molar-refractivity contribution in [3.63, 3.8) is 0 Å². The number of alkyl halides is 3. The molecular formula is C12H9F3NNaS. The number of halogens is 3. The first-order valence-corrected chi connectivity index (χ1v) is 5.25. The van der Waals surface area contributed by atoms with Gasteiger partial charge in [0.25, 0.3) is 0 Å². The molecule has 0 saturated carbocycles. The molecule has 0 aliphatic rings. The Morgan fingerprint density at radius 3 is 2.22 bits per heavy atom. The van der Waals surface area contributed by atoms with Gasteiger partial charge in [-0.2, -0.15) is 13.2 Å². The molecule has 1 aromatic carbocycles. The fourth-order valence-corrected chi connectivity index (χ4v) is 1.83. The van der Waals surface area contributed by atoms with Crippen LogP contribution >= 0.6 is 12.6 Å². The average molecular weight is 279 g/mol. The van der Waals surface area contributed by atoms with Gasteiger partial charge in [0.1, 0.15) is 0 Å². The van der Waals surface area contributed by atoms with Crippen LogP contribution in [0.5, 0.6) is 0 Å². The van der Waals surface area contributed by atoms with Crippen molar-refractivity contribution in [2.45, 2.75) is 11.1 Å². The second-order valence-corrected chi connectivity index (χ2v) is 3.90. The number of benzene rings is 1. The predicted octanol–water partition coefficient (Wildman–Crippen LogP) is 1.17. The Kier molecular flexibility index (Phi) is 5.28. The molecule has 2 rings (SSSR count). The van der Waals surface area contributed by atoms with Gasteiger partial charge in [-0.3, -0.25) is 4.98 Å². The van der Waals surface area contributed by atoms with Gasteiger partial charge >= 0.3 is 35.7 Å². The maximum atomic E-state index is 12.8. The molecule has 0 fully saturated rings. The van der Waals surface area contributed by atoms with Gasteiger partial charge in [-0.15, -0.1) is 12.6 Å². The summed E-state index contributed by atoms with van der Waals surface area (Å²) in [6.07, 6.45) is -3.33. The molecule has 6 heteroatoms. The van der Waals surface area contributed by atoms with Gasteiger partial charge in [0, 0.05) is 16.7 Å². The molecule has 0 saturated heterocycles. The molecule has 2 aromatic rings. The van der Waals surface area contributed by atoms with Crippen molar-refractivity contribution in [2.24, 2.45) is 0 Å². The molecule has 0 unspecified atom stereocenters. The summed E-state index contributed by atoms with van der Waals surface area (Å²) in [7, 11) is 0. The molecule has 1 aromatic heterocycles. The number of pyridine rings is 1. The molecule has 0 atom stereocenters. The first kappa shape index (κ1) is 15.6. The molecule has 1 nitrogen and oxygen atoms in total. The second kappa shape index (κ2) is 6.10. The van der Waals surface area contributed by atoms with Crippen LogP contribution in [-0.4, -0.2) is 4.98 Å². The molecular weight excluding hydrogens is 270 g/mol. The van der Waals surface area contributed by atoms with Crippen LogP contribution in [0, 0.1) is 0 Å². The third-order valence-electron chi connectivity index (χ3n) is 2.27. The van der Waals surface area contributed by atoms with Crippen LogP contribution in [0.3, 0.4) is 0 Å². The van der Waals surface area contributed by atoms with E-state index in [1.54, 1.807) is 24.3 Å². The quantitative estimate of drug-likeness (QED) is 0.611. The van der Waals surface area contributed by atoms with Gasteiger partial charge in [-0.05, 0) is 17.7 Å². The minimum absolute atomic E-state index is 0. The van der Waals surface area contributed by atoms with Gasteiger partial charge in [-0.1, -0.05) is 24.3 Å². The van der Waals surface area contributed by atoms with Crippen molar-refractivity contribution in [2.75, 3.05) is 0 Å². The summed E-state index contributed by atoms with van der Waals surface area (Å²) >= 11 is 4.16. The number of hydrogen-bond acceptors (Lipinski definition) is 2. The van der Waals surface area contributed by atoms with E-state index in [-0.39, 0.29) is 36.5 Å². The van der Waals surface area contributed by atoms with E-state index in [4.69, 9.17) is 0 Å². The summed E-state index contributed by atoms with van der Waals surface area (Å²) in [4.78, 5) is 3.90. The van der Waals surface area contributed by atoms with Gasteiger partial charge < -0.3 is 1.43 Å². The minimum Gasteiger partial charge on any atom is -1.00 e. The van der Waals surface area contributed by atoms with Crippen molar-refractivity contribution in [3.05, 3.63) is 48.3 Å². The van der Waals surface area contributed by atoms with E-state index in [2.05, 4.69) is 17.6 Å². The molecule has 1 heterocycles. The van der Waals surface area contributed by atoms with E-state index in [9.17, 15) is 13.2 Å². The zero-order valence-electron chi connectivity index (χ0n) is 10.6. The van der Waals surface area contributed by atoms with Gasteiger partial charge in [0.15, 0.2) is 5.69 Å². The normalized spacial score (nSPS) is 10.9. The molecule has 0 bridgehead atoms. The Balaban J connectivity index is 0.00000162. The van der Waals surface area contributed by atoms with E-state index in [0.29, 0.717) is 10.5 Å². The van der Waals surface area contributed by atoms with Crippen molar-refractivity contribution < 1.29 is 44.2 Å². The Morgan fingerprint density at radius 1 is 1.00 bits per heavy atom. The summed E-state index contributed by atoms with van der Waals surface area (Å²) in [6.45, 7) is 0. The predicted molar refractivity (Wildman–Crippen MR) is 63.0 cm³/mol. The number of nitrogens with zero attached hydrogens (tertiary/aromatic N) is 1. The third kappa shape index (κ3) is 3.29. The molecule has 0 aliphatic carbocycles. The summed E-state index contributed by atoms with van der Waals surface area (Å²) in [6, 6.07) is 9.49. The van der Waals surface area contributed by atoms with E-state index in [1.807, 2.05) is 0 Å². The first-order valence-electron chi connectivity index (χ1n) is 4.81. The van der Waals surface area contributed by atoms with Gasteiger partial charge in [-0.25, -0.2) is 0 Å². The van der Waals surface area contributed by atoms with Crippen LogP contribution in [0.4, 0.5) is 13.2 Å². The van der Waals surface area contributed by atoms with Gasteiger partial charge in [0.2, 0.25) is 0 Å². The van der Waals surface area contributed by atoms with Crippen LogP contribution in [0.25, 0.3) is 11.1 Å². The molecule has 0 N–H and O–H groups in total. The Bertz CT molecular complexity index is 548. The summed E-state index contributed by atoms with van der Waals surface area (Å²) in [5, 5.41) is 0. The Morgan fingerprint density at radius 2 is 1.61 bits per heavy atom. The van der Waals surface area contributed by atoms with Crippen LogP contribution in [0.15, 0.2) is 47.5 Å². The second-order valence-electron chi connectivity index (χ2n) is 3.41. The smallest absolute Gasteiger partial charge is 1.00 e. The molecule has 0 aliphatic heterocycles. The van der Waals surface area contributed by atoms with E-state index >= 15 is 0 Å². The van der Waals surface area contributed by atoms with Crippen LogP contribution in [0.1, 0.15) is 7.12 Å². The number of aromatic nitrogens is 1. The number of hydrogen-bond donors (Lipinski definition) is 1. The first-order chi connectivity index (χ1) is 8.00. The fourth-order valence-electron chi connectivity index (χ4n) is 1.55. The van der Waals surface area contributed by atoms with Gasteiger partial charge in [0.05, 0.1) is 0 Å².